The molecule has 0 saturated heterocycles. The van der Waals surface area contributed by atoms with Gasteiger partial charge in [0.1, 0.15) is 12.2 Å². The molecule has 5 nitrogen and oxygen atoms in total. The van der Waals surface area contributed by atoms with E-state index in [1.54, 1.807) is 16.8 Å². The van der Waals surface area contributed by atoms with Crippen LogP contribution in [0.15, 0.2) is 12.3 Å². The predicted molar refractivity (Wildman–Crippen MR) is 80.8 cm³/mol. The average molecular weight is 313 g/mol. The number of rotatable bonds is 5. The molecule has 0 radical (unpaired) electrons. The maximum Gasteiger partial charge on any atom is 0.323 e. The van der Waals surface area contributed by atoms with Crippen LogP contribution < -0.4 is 0 Å². The number of carboxylic acids is 1. The second kappa shape index (κ2) is 6.52. The molecule has 1 saturated carbocycles. The Balaban J connectivity index is 2.31. The van der Waals surface area contributed by atoms with E-state index in [4.69, 9.17) is 16.7 Å². The van der Waals surface area contributed by atoms with Gasteiger partial charge >= 0.3 is 5.97 Å². The fourth-order valence-corrected chi connectivity index (χ4v) is 3.13. The predicted octanol–water partition coefficient (Wildman–Crippen LogP) is 3.19. The maximum absolute atomic E-state index is 12.8. The van der Waals surface area contributed by atoms with Crippen LogP contribution in [0.1, 0.15) is 56.1 Å². The molecule has 21 heavy (non-hydrogen) atoms. The first-order valence-electron chi connectivity index (χ1n) is 7.30. The van der Waals surface area contributed by atoms with E-state index in [1.807, 2.05) is 13.8 Å². The fourth-order valence-electron chi connectivity index (χ4n) is 2.92. The molecule has 1 aliphatic carbocycles. The van der Waals surface area contributed by atoms with Gasteiger partial charge in [-0.3, -0.25) is 9.59 Å². The summed E-state index contributed by atoms with van der Waals surface area (Å²) < 4.78 is 1.80. The Bertz CT molecular complexity index is 533. The fraction of sp³-hybridized carbons (Fsp3) is 0.600. The van der Waals surface area contributed by atoms with E-state index in [0.717, 1.165) is 25.7 Å². The van der Waals surface area contributed by atoms with Gasteiger partial charge in [-0.2, -0.15) is 0 Å². The molecule has 0 aromatic carbocycles. The van der Waals surface area contributed by atoms with Crippen molar-refractivity contribution in [3.8, 4) is 0 Å². The molecule has 0 aliphatic heterocycles. The Morgan fingerprint density at radius 3 is 2.57 bits per heavy atom. The highest BCUT2D eigenvalue weighted by Gasteiger charge is 2.31. The standard InChI is InChI=1S/C15H21ClN2O3/c1-10(2)17-8-11(16)7-13(17)15(21)18(9-14(19)20)12-5-3-4-6-12/h7-8,10,12H,3-6,9H2,1-2H3,(H,19,20). The van der Waals surface area contributed by atoms with E-state index < -0.39 is 5.97 Å². The van der Waals surface area contributed by atoms with Crippen LogP contribution in [0.4, 0.5) is 0 Å². The van der Waals surface area contributed by atoms with Gasteiger partial charge in [0.2, 0.25) is 0 Å². The van der Waals surface area contributed by atoms with Crippen molar-refractivity contribution < 1.29 is 14.7 Å². The minimum atomic E-state index is -0.982. The number of nitrogens with zero attached hydrogens (tertiary/aromatic N) is 2. The first-order valence-corrected chi connectivity index (χ1v) is 7.68. The SMILES string of the molecule is CC(C)n1cc(Cl)cc1C(=O)N(CC(=O)O)C1CCCC1. The van der Waals surface area contributed by atoms with Gasteiger partial charge in [-0.05, 0) is 32.8 Å². The van der Waals surface area contributed by atoms with Gasteiger partial charge in [-0.1, -0.05) is 24.4 Å². The molecule has 1 aromatic rings. The van der Waals surface area contributed by atoms with Crippen molar-refractivity contribution in [2.45, 2.75) is 51.6 Å². The molecular formula is C15H21ClN2O3. The molecule has 1 heterocycles. The number of amides is 1. The highest BCUT2D eigenvalue weighted by Crippen LogP contribution is 2.27. The van der Waals surface area contributed by atoms with Crippen molar-refractivity contribution in [2.24, 2.45) is 0 Å². The number of hydrogen-bond acceptors (Lipinski definition) is 2. The van der Waals surface area contributed by atoms with Gasteiger partial charge in [0.05, 0.1) is 5.02 Å². The summed E-state index contributed by atoms with van der Waals surface area (Å²) >= 11 is 6.02. The summed E-state index contributed by atoms with van der Waals surface area (Å²) in [6.07, 6.45) is 5.54. The number of aromatic nitrogens is 1. The van der Waals surface area contributed by atoms with Crippen molar-refractivity contribution >= 4 is 23.5 Å². The van der Waals surface area contributed by atoms with Gasteiger partial charge in [0, 0.05) is 18.3 Å². The zero-order valence-corrected chi connectivity index (χ0v) is 13.1. The van der Waals surface area contributed by atoms with E-state index >= 15 is 0 Å². The summed E-state index contributed by atoms with van der Waals surface area (Å²) in [6, 6.07) is 1.72. The maximum atomic E-state index is 12.8. The molecule has 1 N–H and O–H groups in total. The van der Waals surface area contributed by atoms with E-state index in [1.165, 1.54) is 4.90 Å². The first-order chi connectivity index (χ1) is 9.90. The summed E-state index contributed by atoms with van der Waals surface area (Å²) in [5.74, 6) is -1.23. The minimum Gasteiger partial charge on any atom is -0.480 e. The molecule has 1 aromatic heterocycles. The Labute approximate surface area is 129 Å². The zero-order chi connectivity index (χ0) is 15.6. The van der Waals surface area contributed by atoms with Crippen molar-refractivity contribution in [2.75, 3.05) is 6.54 Å². The van der Waals surface area contributed by atoms with Crippen molar-refractivity contribution in [3.63, 3.8) is 0 Å². The average Bonchev–Trinajstić information content (AvgIpc) is 3.03. The first kappa shape index (κ1) is 15.9. The molecule has 0 bridgehead atoms. The van der Waals surface area contributed by atoms with Gasteiger partial charge < -0.3 is 14.6 Å². The molecule has 1 aliphatic rings. The minimum absolute atomic E-state index is 0.0166. The normalized spacial score (nSPS) is 15.6. The van der Waals surface area contributed by atoms with E-state index in [-0.39, 0.29) is 24.5 Å². The van der Waals surface area contributed by atoms with Crippen molar-refractivity contribution in [3.05, 3.63) is 23.0 Å². The summed E-state index contributed by atoms with van der Waals surface area (Å²) in [6.45, 7) is 3.67. The molecule has 116 valence electrons. The smallest absolute Gasteiger partial charge is 0.323 e. The Hall–Kier alpha value is -1.49. The molecule has 0 unspecified atom stereocenters. The van der Waals surface area contributed by atoms with Crippen LogP contribution in [-0.2, 0) is 4.79 Å². The lowest BCUT2D eigenvalue weighted by Crippen LogP contribution is -2.43. The molecule has 0 atom stereocenters. The largest absolute Gasteiger partial charge is 0.480 e. The Kier molecular flexibility index (Phi) is 4.93. The highest BCUT2D eigenvalue weighted by atomic mass is 35.5. The lowest BCUT2D eigenvalue weighted by molar-refractivity contribution is -0.138. The number of carbonyl (C=O) groups is 2. The van der Waals surface area contributed by atoms with Crippen LogP contribution in [0.25, 0.3) is 0 Å². The van der Waals surface area contributed by atoms with Crippen LogP contribution in [-0.4, -0.2) is 39.0 Å². The highest BCUT2D eigenvalue weighted by molar-refractivity contribution is 6.31. The Morgan fingerprint density at radius 2 is 2.05 bits per heavy atom. The van der Waals surface area contributed by atoms with Crippen LogP contribution >= 0.6 is 11.6 Å². The van der Waals surface area contributed by atoms with Crippen LogP contribution in [0, 0.1) is 0 Å². The third-order valence-corrected chi connectivity index (χ3v) is 4.13. The van der Waals surface area contributed by atoms with Gasteiger partial charge in [0.25, 0.3) is 5.91 Å². The topological polar surface area (TPSA) is 62.5 Å². The number of hydrogen-bond donors (Lipinski definition) is 1. The molecule has 2 rings (SSSR count). The molecule has 6 heteroatoms. The van der Waals surface area contributed by atoms with Gasteiger partial charge in [-0.15, -0.1) is 0 Å². The van der Waals surface area contributed by atoms with E-state index in [9.17, 15) is 9.59 Å². The van der Waals surface area contributed by atoms with E-state index in [2.05, 4.69) is 0 Å². The van der Waals surface area contributed by atoms with Crippen LogP contribution in [0.5, 0.6) is 0 Å². The van der Waals surface area contributed by atoms with E-state index in [0.29, 0.717) is 10.7 Å². The molecule has 1 amide bonds. The van der Waals surface area contributed by atoms with Gasteiger partial charge in [0.15, 0.2) is 0 Å². The third kappa shape index (κ3) is 3.59. The number of carboxylic acid groups (broad SMARTS) is 1. The van der Waals surface area contributed by atoms with Crippen LogP contribution in [0.3, 0.4) is 0 Å². The number of aliphatic carboxylic acids is 1. The summed E-state index contributed by atoms with van der Waals surface area (Å²) in [5.41, 5.74) is 0.461. The number of carbonyl (C=O) groups excluding carboxylic acids is 1. The van der Waals surface area contributed by atoms with Crippen molar-refractivity contribution in [1.82, 2.24) is 9.47 Å². The Morgan fingerprint density at radius 1 is 1.43 bits per heavy atom. The summed E-state index contributed by atoms with van der Waals surface area (Å²) in [7, 11) is 0. The monoisotopic (exact) mass is 312 g/mol. The molecule has 1 fully saturated rings. The number of halogens is 1. The lowest BCUT2D eigenvalue weighted by Gasteiger charge is -2.28. The lowest BCUT2D eigenvalue weighted by atomic mass is 10.2. The summed E-state index contributed by atoms with van der Waals surface area (Å²) in [5, 5.41) is 9.59. The molecular weight excluding hydrogens is 292 g/mol. The second-order valence-corrected chi connectivity index (χ2v) is 6.25. The second-order valence-electron chi connectivity index (χ2n) is 5.81. The zero-order valence-electron chi connectivity index (χ0n) is 12.4. The third-order valence-electron chi connectivity index (χ3n) is 3.92. The van der Waals surface area contributed by atoms with Gasteiger partial charge in [-0.25, -0.2) is 0 Å². The quantitative estimate of drug-likeness (QED) is 0.908. The van der Waals surface area contributed by atoms with Crippen LogP contribution in [0.2, 0.25) is 5.02 Å². The summed E-state index contributed by atoms with van der Waals surface area (Å²) in [4.78, 5) is 25.4. The molecule has 0 spiro atoms. The van der Waals surface area contributed by atoms with Crippen molar-refractivity contribution in [1.29, 1.82) is 0 Å².